The highest BCUT2D eigenvalue weighted by Gasteiger charge is 2.45. The van der Waals surface area contributed by atoms with Crippen LogP contribution in [0.15, 0.2) is 12.1 Å². The lowest BCUT2D eigenvalue weighted by molar-refractivity contribution is -0.149. The van der Waals surface area contributed by atoms with Crippen LogP contribution in [0.25, 0.3) is 0 Å². The third-order valence-electron chi connectivity index (χ3n) is 4.37. The van der Waals surface area contributed by atoms with Gasteiger partial charge in [0.1, 0.15) is 10.8 Å². The molecule has 2 rings (SSSR count). The summed E-state index contributed by atoms with van der Waals surface area (Å²) >= 11 is 5.70. The van der Waals surface area contributed by atoms with E-state index in [9.17, 15) is 23.1 Å². The fourth-order valence-corrected chi connectivity index (χ4v) is 3.53. The quantitative estimate of drug-likeness (QED) is 0.797. The molecule has 0 spiro atoms. The van der Waals surface area contributed by atoms with Gasteiger partial charge in [-0.15, -0.1) is 0 Å². The highest BCUT2D eigenvalue weighted by Crippen LogP contribution is 2.50. The van der Waals surface area contributed by atoms with Crippen LogP contribution in [0.5, 0.6) is 0 Å². The summed E-state index contributed by atoms with van der Waals surface area (Å²) in [7, 11) is 0. The standard InChI is InChI=1S/C15H17ClF3NO2/c1-2-4-14(13(21)22)5-3-9(8-14)10-6-11(15(17,18)19)20-12(16)7-10/h6-7,9H,2-5,8H2,1H3,(H,21,22). The van der Waals surface area contributed by atoms with Crippen LogP contribution < -0.4 is 0 Å². The maximum atomic E-state index is 12.8. The van der Waals surface area contributed by atoms with E-state index in [4.69, 9.17) is 11.6 Å². The van der Waals surface area contributed by atoms with Gasteiger partial charge in [0.2, 0.25) is 0 Å². The Morgan fingerprint density at radius 1 is 1.50 bits per heavy atom. The van der Waals surface area contributed by atoms with Crippen molar-refractivity contribution in [2.24, 2.45) is 5.41 Å². The summed E-state index contributed by atoms with van der Waals surface area (Å²) in [6.07, 6.45) is -1.95. The summed E-state index contributed by atoms with van der Waals surface area (Å²) in [5.74, 6) is -1.10. The highest BCUT2D eigenvalue weighted by molar-refractivity contribution is 6.29. The van der Waals surface area contributed by atoms with E-state index < -0.39 is 23.3 Å². The topological polar surface area (TPSA) is 50.2 Å². The Hall–Kier alpha value is -1.30. The average Bonchev–Trinajstić information content (AvgIpc) is 2.83. The molecule has 1 N–H and O–H groups in total. The molecule has 0 radical (unpaired) electrons. The Bertz CT molecular complexity index is 576. The van der Waals surface area contributed by atoms with Crippen molar-refractivity contribution in [2.45, 2.75) is 51.1 Å². The van der Waals surface area contributed by atoms with Crippen LogP contribution >= 0.6 is 11.6 Å². The van der Waals surface area contributed by atoms with Gasteiger partial charge in [-0.05, 0) is 49.3 Å². The monoisotopic (exact) mass is 335 g/mol. The molecule has 1 aromatic rings. The molecule has 3 nitrogen and oxygen atoms in total. The van der Waals surface area contributed by atoms with Crippen LogP contribution in [-0.2, 0) is 11.0 Å². The molecule has 0 saturated heterocycles. The minimum absolute atomic E-state index is 0.215. The second-order valence-corrected chi connectivity index (χ2v) is 6.27. The van der Waals surface area contributed by atoms with Crippen molar-refractivity contribution < 1.29 is 23.1 Å². The smallest absolute Gasteiger partial charge is 0.433 e. The number of aromatic nitrogens is 1. The van der Waals surface area contributed by atoms with E-state index in [1.54, 1.807) is 0 Å². The van der Waals surface area contributed by atoms with Gasteiger partial charge < -0.3 is 5.11 Å². The molecule has 1 aliphatic rings. The number of carboxylic acids is 1. The predicted molar refractivity (Wildman–Crippen MR) is 75.8 cm³/mol. The average molecular weight is 336 g/mol. The zero-order valence-electron chi connectivity index (χ0n) is 12.1. The number of hydrogen-bond acceptors (Lipinski definition) is 2. The molecule has 2 unspecified atom stereocenters. The van der Waals surface area contributed by atoms with Crippen LogP contribution in [-0.4, -0.2) is 16.1 Å². The highest BCUT2D eigenvalue weighted by atomic mass is 35.5. The van der Waals surface area contributed by atoms with Gasteiger partial charge in [0.25, 0.3) is 0 Å². The molecule has 1 aromatic heterocycles. The van der Waals surface area contributed by atoms with Crippen molar-refractivity contribution in [1.29, 1.82) is 0 Å². The summed E-state index contributed by atoms with van der Waals surface area (Å²) in [4.78, 5) is 14.9. The molecule has 7 heteroatoms. The Morgan fingerprint density at radius 3 is 2.73 bits per heavy atom. The molecule has 0 aliphatic heterocycles. The SMILES string of the molecule is CCCC1(C(=O)O)CCC(c2cc(Cl)nc(C(F)(F)F)c2)C1. The molecule has 0 amide bonds. The first kappa shape index (κ1) is 17.1. The van der Waals surface area contributed by atoms with Gasteiger partial charge in [-0.25, -0.2) is 4.98 Å². The first-order valence-corrected chi connectivity index (χ1v) is 7.54. The molecule has 1 aliphatic carbocycles. The first-order valence-electron chi connectivity index (χ1n) is 7.16. The second-order valence-electron chi connectivity index (χ2n) is 5.88. The number of aliphatic carboxylic acids is 1. The molecular formula is C15H17ClF3NO2. The summed E-state index contributed by atoms with van der Waals surface area (Å²) in [6.45, 7) is 1.91. The molecule has 1 fully saturated rings. The lowest BCUT2D eigenvalue weighted by atomic mass is 9.80. The van der Waals surface area contributed by atoms with Crippen molar-refractivity contribution in [3.05, 3.63) is 28.5 Å². The van der Waals surface area contributed by atoms with Gasteiger partial charge in [0.15, 0.2) is 0 Å². The van der Waals surface area contributed by atoms with Crippen LogP contribution in [0.2, 0.25) is 5.15 Å². The molecular weight excluding hydrogens is 319 g/mol. The Kier molecular flexibility index (Phi) is 4.70. The van der Waals surface area contributed by atoms with Gasteiger partial charge >= 0.3 is 12.1 Å². The molecule has 1 saturated carbocycles. The van der Waals surface area contributed by atoms with E-state index in [1.807, 2.05) is 6.92 Å². The van der Waals surface area contributed by atoms with Crippen molar-refractivity contribution in [1.82, 2.24) is 4.98 Å². The van der Waals surface area contributed by atoms with Crippen LogP contribution in [0, 0.1) is 5.41 Å². The lowest BCUT2D eigenvalue weighted by Gasteiger charge is -2.24. The predicted octanol–water partition coefficient (Wildman–Crippen LogP) is 4.89. The van der Waals surface area contributed by atoms with E-state index in [0.29, 0.717) is 31.2 Å². The third-order valence-corrected chi connectivity index (χ3v) is 4.56. The van der Waals surface area contributed by atoms with Crippen molar-refractivity contribution in [3.63, 3.8) is 0 Å². The summed E-state index contributed by atoms with van der Waals surface area (Å²) in [6, 6.07) is 2.39. The lowest BCUT2D eigenvalue weighted by Crippen LogP contribution is -2.27. The van der Waals surface area contributed by atoms with E-state index in [2.05, 4.69) is 4.98 Å². The minimum Gasteiger partial charge on any atom is -0.481 e. The number of rotatable bonds is 4. The van der Waals surface area contributed by atoms with Gasteiger partial charge in [-0.3, -0.25) is 4.79 Å². The fourth-order valence-electron chi connectivity index (χ4n) is 3.32. The normalized spacial score (nSPS) is 25.4. The molecule has 122 valence electrons. The fraction of sp³-hybridized carbons (Fsp3) is 0.600. The molecule has 1 heterocycles. The number of alkyl halides is 3. The Morgan fingerprint density at radius 2 is 2.18 bits per heavy atom. The summed E-state index contributed by atoms with van der Waals surface area (Å²) < 4.78 is 38.5. The van der Waals surface area contributed by atoms with Crippen LogP contribution in [0.3, 0.4) is 0 Å². The third kappa shape index (κ3) is 3.37. The van der Waals surface area contributed by atoms with E-state index in [1.165, 1.54) is 6.07 Å². The summed E-state index contributed by atoms with van der Waals surface area (Å²) in [5, 5.41) is 9.26. The largest absolute Gasteiger partial charge is 0.481 e. The van der Waals surface area contributed by atoms with Crippen molar-refractivity contribution >= 4 is 17.6 Å². The number of pyridine rings is 1. The van der Waals surface area contributed by atoms with E-state index >= 15 is 0 Å². The number of halogens is 4. The number of carbonyl (C=O) groups is 1. The molecule has 0 aromatic carbocycles. The second kappa shape index (κ2) is 6.07. The zero-order chi connectivity index (χ0) is 16.5. The summed E-state index contributed by atoms with van der Waals surface area (Å²) in [5.41, 5.74) is -1.45. The van der Waals surface area contributed by atoms with Gasteiger partial charge in [0.05, 0.1) is 5.41 Å². The van der Waals surface area contributed by atoms with Crippen LogP contribution in [0.1, 0.15) is 56.2 Å². The van der Waals surface area contributed by atoms with Crippen molar-refractivity contribution in [3.8, 4) is 0 Å². The zero-order valence-corrected chi connectivity index (χ0v) is 12.8. The Labute approximate surface area is 131 Å². The van der Waals surface area contributed by atoms with Gasteiger partial charge in [-0.1, -0.05) is 24.9 Å². The molecule has 0 bridgehead atoms. The number of nitrogens with zero attached hydrogens (tertiary/aromatic N) is 1. The van der Waals surface area contributed by atoms with Crippen molar-refractivity contribution in [2.75, 3.05) is 0 Å². The minimum atomic E-state index is -4.56. The van der Waals surface area contributed by atoms with E-state index in [-0.39, 0.29) is 11.1 Å². The first-order chi connectivity index (χ1) is 10.2. The number of carboxylic acid groups (broad SMARTS) is 1. The Balaban J connectivity index is 2.31. The van der Waals surface area contributed by atoms with E-state index in [0.717, 1.165) is 12.5 Å². The molecule has 22 heavy (non-hydrogen) atoms. The maximum Gasteiger partial charge on any atom is 0.433 e. The molecule has 2 atom stereocenters. The number of hydrogen-bond donors (Lipinski definition) is 1. The van der Waals surface area contributed by atoms with Gasteiger partial charge in [-0.2, -0.15) is 13.2 Å². The van der Waals surface area contributed by atoms with Gasteiger partial charge in [0, 0.05) is 0 Å². The maximum absolute atomic E-state index is 12.8. The van der Waals surface area contributed by atoms with Crippen LogP contribution in [0.4, 0.5) is 13.2 Å².